The second-order valence-corrected chi connectivity index (χ2v) is 7.58. The van der Waals surface area contributed by atoms with Crippen molar-refractivity contribution in [2.45, 2.75) is 46.5 Å². The third-order valence-electron chi connectivity index (χ3n) is 5.00. The third-order valence-corrected chi connectivity index (χ3v) is 5.00. The van der Waals surface area contributed by atoms with Gasteiger partial charge in [-0.05, 0) is 25.3 Å². The van der Waals surface area contributed by atoms with Gasteiger partial charge in [0.2, 0.25) is 0 Å². The minimum Gasteiger partial charge on any atom is -0.354 e. The van der Waals surface area contributed by atoms with Crippen molar-refractivity contribution in [2.75, 3.05) is 44.2 Å². The fourth-order valence-electron chi connectivity index (χ4n) is 3.60. The first-order chi connectivity index (χ1) is 12.1. The summed E-state index contributed by atoms with van der Waals surface area (Å²) in [6, 6.07) is 0. The van der Waals surface area contributed by atoms with E-state index in [1.807, 2.05) is 0 Å². The largest absolute Gasteiger partial charge is 0.354 e. The first kappa shape index (κ1) is 18.1. The topological polar surface area (TPSA) is 61.4 Å². The first-order valence-corrected chi connectivity index (χ1v) is 9.73. The lowest BCUT2D eigenvalue weighted by Gasteiger charge is -2.37. The van der Waals surface area contributed by atoms with Gasteiger partial charge in [0.25, 0.3) is 5.91 Å². The van der Waals surface area contributed by atoms with Crippen LogP contribution in [0.4, 0.5) is 5.82 Å². The molecule has 1 aromatic heterocycles. The van der Waals surface area contributed by atoms with E-state index in [1.165, 1.54) is 19.4 Å². The molecule has 1 saturated heterocycles. The second-order valence-electron chi connectivity index (χ2n) is 7.58. The minimum atomic E-state index is -0.0449. The molecule has 0 saturated carbocycles. The number of hydrogen-bond acceptors (Lipinski definition) is 5. The maximum absolute atomic E-state index is 12.3. The Morgan fingerprint density at radius 1 is 1.16 bits per heavy atom. The molecule has 1 fully saturated rings. The van der Waals surface area contributed by atoms with Crippen LogP contribution in [-0.4, -0.2) is 60.0 Å². The van der Waals surface area contributed by atoms with Gasteiger partial charge < -0.3 is 10.2 Å². The third kappa shape index (κ3) is 4.29. The van der Waals surface area contributed by atoms with Crippen molar-refractivity contribution < 1.29 is 4.79 Å². The molecular formula is C19H31N5O. The number of aromatic nitrogens is 2. The van der Waals surface area contributed by atoms with Gasteiger partial charge in [-0.25, -0.2) is 9.97 Å². The predicted octanol–water partition coefficient (Wildman–Crippen LogP) is 1.88. The van der Waals surface area contributed by atoms with Crippen LogP contribution in [0.15, 0.2) is 0 Å². The molecule has 0 aromatic carbocycles. The number of nitrogens with one attached hydrogen (secondary N) is 1. The average Bonchev–Trinajstić information content (AvgIpc) is 2.60. The number of carbonyl (C=O) groups is 1. The molecule has 0 atom stereocenters. The van der Waals surface area contributed by atoms with Crippen molar-refractivity contribution >= 4 is 11.7 Å². The van der Waals surface area contributed by atoms with E-state index in [-0.39, 0.29) is 5.91 Å². The summed E-state index contributed by atoms with van der Waals surface area (Å²) in [5.41, 5.74) is 1.64. The van der Waals surface area contributed by atoms with Crippen molar-refractivity contribution in [3.05, 3.63) is 17.1 Å². The van der Waals surface area contributed by atoms with Crippen LogP contribution < -0.4 is 10.2 Å². The Labute approximate surface area is 151 Å². The van der Waals surface area contributed by atoms with Crippen LogP contribution in [0.1, 0.15) is 55.5 Å². The fraction of sp³-hybridized carbons (Fsp3) is 0.737. The predicted molar refractivity (Wildman–Crippen MR) is 100 cm³/mol. The number of nitrogens with zero attached hydrogens (tertiary/aromatic N) is 4. The smallest absolute Gasteiger partial charge is 0.270 e. The highest BCUT2D eigenvalue weighted by Gasteiger charge is 2.28. The van der Waals surface area contributed by atoms with Crippen LogP contribution >= 0.6 is 0 Å². The van der Waals surface area contributed by atoms with Gasteiger partial charge in [0.15, 0.2) is 0 Å². The summed E-state index contributed by atoms with van der Waals surface area (Å²) in [4.78, 5) is 26.7. The van der Waals surface area contributed by atoms with Crippen LogP contribution in [0.3, 0.4) is 0 Å². The average molecular weight is 345 g/mol. The van der Waals surface area contributed by atoms with Crippen molar-refractivity contribution in [2.24, 2.45) is 5.92 Å². The van der Waals surface area contributed by atoms with Gasteiger partial charge >= 0.3 is 0 Å². The van der Waals surface area contributed by atoms with Crippen LogP contribution in [-0.2, 0) is 12.8 Å². The van der Waals surface area contributed by atoms with Crippen LogP contribution in [0, 0.1) is 5.92 Å². The van der Waals surface area contributed by atoms with Gasteiger partial charge in [0.05, 0.1) is 0 Å². The molecule has 6 heteroatoms. The lowest BCUT2D eigenvalue weighted by molar-refractivity contribution is 0.0939. The molecular weight excluding hydrogens is 314 g/mol. The van der Waals surface area contributed by atoms with Gasteiger partial charge in [-0.15, -0.1) is 0 Å². The SMILES string of the molecule is CCCCN1CCN(c2nc(CC(C)C)nc3c2CCNC3=O)CC1. The summed E-state index contributed by atoms with van der Waals surface area (Å²) < 4.78 is 0. The van der Waals surface area contributed by atoms with E-state index >= 15 is 0 Å². The lowest BCUT2D eigenvalue weighted by atomic mass is 10.0. The first-order valence-electron chi connectivity index (χ1n) is 9.73. The Hall–Kier alpha value is -1.69. The Morgan fingerprint density at radius 3 is 2.60 bits per heavy atom. The van der Waals surface area contributed by atoms with E-state index in [1.54, 1.807) is 0 Å². The van der Waals surface area contributed by atoms with Crippen molar-refractivity contribution in [3.63, 3.8) is 0 Å². The molecule has 0 aliphatic carbocycles. The van der Waals surface area contributed by atoms with Gasteiger partial charge in [-0.2, -0.15) is 0 Å². The minimum absolute atomic E-state index is 0.0449. The molecule has 1 N–H and O–H groups in total. The maximum Gasteiger partial charge on any atom is 0.270 e. The highest BCUT2D eigenvalue weighted by molar-refractivity contribution is 5.96. The summed E-state index contributed by atoms with van der Waals surface area (Å²) in [6.07, 6.45) is 4.15. The Balaban J connectivity index is 1.82. The van der Waals surface area contributed by atoms with Gasteiger partial charge in [0.1, 0.15) is 17.3 Å². The number of fused-ring (bicyclic) bond motifs is 1. The molecule has 0 spiro atoms. The van der Waals surface area contributed by atoms with E-state index < -0.39 is 0 Å². The molecule has 3 rings (SSSR count). The van der Waals surface area contributed by atoms with Crippen LogP contribution in [0.2, 0.25) is 0 Å². The van der Waals surface area contributed by atoms with Crippen LogP contribution in [0.25, 0.3) is 0 Å². The zero-order chi connectivity index (χ0) is 17.8. The molecule has 0 bridgehead atoms. The fourth-order valence-corrected chi connectivity index (χ4v) is 3.60. The number of carbonyl (C=O) groups excluding carboxylic acids is 1. The molecule has 3 heterocycles. The summed E-state index contributed by atoms with van der Waals surface area (Å²) in [5, 5.41) is 2.92. The van der Waals surface area contributed by atoms with Crippen molar-refractivity contribution in [3.8, 4) is 0 Å². The lowest BCUT2D eigenvalue weighted by Crippen LogP contribution is -2.48. The number of hydrogen-bond donors (Lipinski definition) is 1. The second kappa shape index (κ2) is 8.13. The highest BCUT2D eigenvalue weighted by atomic mass is 16.1. The number of anilines is 1. The molecule has 25 heavy (non-hydrogen) atoms. The molecule has 0 radical (unpaired) electrons. The summed E-state index contributed by atoms with van der Waals surface area (Å²) in [5.74, 6) is 2.24. The van der Waals surface area contributed by atoms with Gasteiger partial charge in [-0.1, -0.05) is 27.2 Å². The maximum atomic E-state index is 12.3. The summed E-state index contributed by atoms with van der Waals surface area (Å²) in [6.45, 7) is 12.5. The quantitative estimate of drug-likeness (QED) is 0.853. The number of amides is 1. The molecule has 138 valence electrons. The number of unbranched alkanes of at least 4 members (excludes halogenated alkanes) is 1. The monoisotopic (exact) mass is 345 g/mol. The van der Waals surface area contributed by atoms with E-state index in [2.05, 4.69) is 40.9 Å². The molecule has 1 aromatic rings. The van der Waals surface area contributed by atoms with Gasteiger partial charge in [0, 0.05) is 44.7 Å². The zero-order valence-electron chi connectivity index (χ0n) is 15.8. The molecule has 6 nitrogen and oxygen atoms in total. The van der Waals surface area contributed by atoms with E-state index in [0.717, 1.165) is 56.2 Å². The van der Waals surface area contributed by atoms with E-state index in [9.17, 15) is 4.79 Å². The Morgan fingerprint density at radius 2 is 1.92 bits per heavy atom. The standard InChI is InChI=1S/C19H31N5O/c1-4-5-8-23-9-11-24(12-10-23)18-15-6-7-20-19(25)17(15)21-16(22-18)13-14(2)3/h14H,4-13H2,1-3H3,(H,20,25). The molecule has 1 amide bonds. The van der Waals surface area contributed by atoms with E-state index in [4.69, 9.17) is 4.98 Å². The summed E-state index contributed by atoms with van der Waals surface area (Å²) >= 11 is 0. The van der Waals surface area contributed by atoms with Crippen molar-refractivity contribution in [1.29, 1.82) is 0 Å². The van der Waals surface area contributed by atoms with Crippen molar-refractivity contribution in [1.82, 2.24) is 20.2 Å². The Bertz CT molecular complexity index is 608. The Kier molecular flexibility index (Phi) is 5.89. The molecule has 2 aliphatic heterocycles. The molecule has 2 aliphatic rings. The molecule has 0 unspecified atom stereocenters. The van der Waals surface area contributed by atoms with Gasteiger partial charge in [-0.3, -0.25) is 9.69 Å². The number of piperazine rings is 1. The van der Waals surface area contributed by atoms with E-state index in [0.29, 0.717) is 18.2 Å². The normalized spacial score (nSPS) is 18.4. The summed E-state index contributed by atoms with van der Waals surface area (Å²) in [7, 11) is 0. The number of rotatable bonds is 6. The van der Waals surface area contributed by atoms with Crippen LogP contribution in [0.5, 0.6) is 0 Å². The highest BCUT2D eigenvalue weighted by Crippen LogP contribution is 2.25. The zero-order valence-corrected chi connectivity index (χ0v) is 15.8.